The van der Waals surface area contributed by atoms with Gasteiger partial charge >= 0.3 is 0 Å². The highest BCUT2D eigenvalue weighted by atomic mass is 32.1. The molecule has 1 aromatic heterocycles. The Morgan fingerprint density at radius 3 is 2.47 bits per heavy atom. The molecule has 0 spiro atoms. The first-order valence-electron chi connectivity index (χ1n) is 4.89. The molecule has 0 aliphatic heterocycles. The molecule has 2 rings (SSSR count). The number of nitrogens with zero attached hydrogens (tertiary/aromatic N) is 1. The van der Waals surface area contributed by atoms with Gasteiger partial charge in [-0.05, 0) is 29.6 Å². The van der Waals surface area contributed by atoms with Gasteiger partial charge in [0.15, 0.2) is 0 Å². The first-order valence-corrected chi connectivity index (χ1v) is 5.77. The molecular formula is C12H13NOS. The van der Waals surface area contributed by atoms with Crippen molar-refractivity contribution in [2.45, 2.75) is 0 Å². The number of aliphatic hydroxyl groups excluding tert-OH is 1. The van der Waals surface area contributed by atoms with Gasteiger partial charge in [-0.1, -0.05) is 18.2 Å². The molecule has 78 valence electrons. The summed E-state index contributed by atoms with van der Waals surface area (Å²) in [6, 6.07) is 14.2. The number of thiophene rings is 1. The molecule has 3 heteroatoms. The van der Waals surface area contributed by atoms with E-state index in [0.717, 1.165) is 10.7 Å². The Bertz CT molecular complexity index is 385. The Morgan fingerprint density at radius 1 is 1.07 bits per heavy atom. The molecule has 0 radical (unpaired) electrons. The van der Waals surface area contributed by atoms with Crippen molar-refractivity contribution in [1.29, 1.82) is 0 Å². The highest BCUT2D eigenvalue weighted by Gasteiger charge is 2.08. The number of hydrogen-bond acceptors (Lipinski definition) is 3. The van der Waals surface area contributed by atoms with Gasteiger partial charge in [0.25, 0.3) is 0 Å². The van der Waals surface area contributed by atoms with Crippen molar-refractivity contribution >= 4 is 22.0 Å². The van der Waals surface area contributed by atoms with Crippen molar-refractivity contribution in [2.75, 3.05) is 18.1 Å². The average molecular weight is 219 g/mol. The summed E-state index contributed by atoms with van der Waals surface area (Å²) < 4.78 is 0. The second-order valence-corrected chi connectivity index (χ2v) is 4.09. The van der Waals surface area contributed by atoms with Crippen LogP contribution in [-0.4, -0.2) is 18.3 Å². The minimum absolute atomic E-state index is 0.160. The van der Waals surface area contributed by atoms with E-state index in [0.29, 0.717) is 6.54 Å². The number of anilines is 2. The van der Waals surface area contributed by atoms with Gasteiger partial charge in [-0.2, -0.15) is 0 Å². The van der Waals surface area contributed by atoms with Crippen LogP contribution in [0.25, 0.3) is 0 Å². The molecule has 0 saturated carbocycles. The monoisotopic (exact) mass is 219 g/mol. The molecule has 0 bridgehead atoms. The second kappa shape index (κ2) is 4.96. The Labute approximate surface area is 93.4 Å². The fraction of sp³-hybridized carbons (Fsp3) is 0.167. The number of aliphatic hydroxyl groups is 1. The molecule has 0 unspecified atom stereocenters. The van der Waals surface area contributed by atoms with Gasteiger partial charge in [-0.3, -0.25) is 0 Å². The molecule has 1 aromatic carbocycles. The predicted molar refractivity (Wildman–Crippen MR) is 64.9 cm³/mol. The lowest BCUT2D eigenvalue weighted by Gasteiger charge is -2.21. The zero-order valence-corrected chi connectivity index (χ0v) is 9.15. The molecule has 2 aromatic rings. The van der Waals surface area contributed by atoms with E-state index < -0.39 is 0 Å². The van der Waals surface area contributed by atoms with Crippen LogP contribution in [0.5, 0.6) is 0 Å². The summed E-state index contributed by atoms with van der Waals surface area (Å²) in [7, 11) is 0. The van der Waals surface area contributed by atoms with Crippen molar-refractivity contribution < 1.29 is 5.11 Å². The van der Waals surface area contributed by atoms with Gasteiger partial charge < -0.3 is 10.0 Å². The van der Waals surface area contributed by atoms with E-state index in [2.05, 4.69) is 23.1 Å². The van der Waals surface area contributed by atoms with Crippen LogP contribution in [0.15, 0.2) is 47.8 Å². The first kappa shape index (κ1) is 10.2. The topological polar surface area (TPSA) is 23.5 Å². The van der Waals surface area contributed by atoms with Crippen LogP contribution in [0.1, 0.15) is 0 Å². The van der Waals surface area contributed by atoms with E-state index in [1.807, 2.05) is 29.6 Å². The van der Waals surface area contributed by atoms with Gasteiger partial charge in [-0.15, -0.1) is 11.3 Å². The van der Waals surface area contributed by atoms with Gasteiger partial charge in [0.1, 0.15) is 0 Å². The number of para-hydroxylation sites is 1. The minimum atomic E-state index is 0.160. The summed E-state index contributed by atoms with van der Waals surface area (Å²) in [4.78, 5) is 2.12. The van der Waals surface area contributed by atoms with Gasteiger partial charge in [0.2, 0.25) is 0 Å². The first-order chi connectivity index (χ1) is 7.42. The van der Waals surface area contributed by atoms with E-state index in [1.165, 1.54) is 0 Å². The fourth-order valence-corrected chi connectivity index (χ4v) is 2.28. The van der Waals surface area contributed by atoms with Crippen LogP contribution in [-0.2, 0) is 0 Å². The minimum Gasteiger partial charge on any atom is -0.395 e. The maximum Gasteiger partial charge on any atom is 0.0953 e. The lowest BCUT2D eigenvalue weighted by atomic mass is 10.3. The van der Waals surface area contributed by atoms with Crippen molar-refractivity contribution in [3.8, 4) is 0 Å². The van der Waals surface area contributed by atoms with Crippen molar-refractivity contribution in [1.82, 2.24) is 0 Å². The molecule has 15 heavy (non-hydrogen) atoms. The molecule has 0 fully saturated rings. The molecule has 0 aliphatic carbocycles. The van der Waals surface area contributed by atoms with Crippen molar-refractivity contribution in [3.63, 3.8) is 0 Å². The van der Waals surface area contributed by atoms with Crippen LogP contribution in [0.3, 0.4) is 0 Å². The zero-order valence-electron chi connectivity index (χ0n) is 8.34. The van der Waals surface area contributed by atoms with E-state index in [-0.39, 0.29) is 6.61 Å². The van der Waals surface area contributed by atoms with Crippen molar-refractivity contribution in [2.24, 2.45) is 0 Å². The molecule has 1 N–H and O–H groups in total. The number of hydrogen-bond donors (Lipinski definition) is 1. The summed E-state index contributed by atoms with van der Waals surface area (Å²) >= 11 is 1.68. The summed E-state index contributed by atoms with van der Waals surface area (Å²) in [5, 5.41) is 12.3. The third-order valence-electron chi connectivity index (χ3n) is 2.16. The lowest BCUT2D eigenvalue weighted by molar-refractivity contribution is 0.306. The summed E-state index contributed by atoms with van der Waals surface area (Å²) in [5.41, 5.74) is 1.12. The smallest absolute Gasteiger partial charge is 0.0953 e. The third-order valence-corrected chi connectivity index (χ3v) is 3.05. The Morgan fingerprint density at radius 2 is 1.87 bits per heavy atom. The van der Waals surface area contributed by atoms with Crippen LogP contribution in [0, 0.1) is 0 Å². The van der Waals surface area contributed by atoms with Gasteiger partial charge in [-0.25, -0.2) is 0 Å². The third kappa shape index (κ3) is 2.37. The molecule has 1 heterocycles. The van der Waals surface area contributed by atoms with Crippen LogP contribution in [0.2, 0.25) is 0 Å². The fourth-order valence-electron chi connectivity index (χ4n) is 1.50. The molecule has 0 atom stereocenters. The van der Waals surface area contributed by atoms with Crippen molar-refractivity contribution in [3.05, 3.63) is 47.8 Å². The highest BCUT2D eigenvalue weighted by Crippen LogP contribution is 2.28. The molecule has 0 saturated heterocycles. The predicted octanol–water partition coefficient (Wildman–Crippen LogP) is 2.88. The van der Waals surface area contributed by atoms with Crippen LogP contribution >= 0.6 is 11.3 Å². The maximum absolute atomic E-state index is 9.06. The van der Waals surface area contributed by atoms with E-state index in [1.54, 1.807) is 11.3 Å². The second-order valence-electron chi connectivity index (χ2n) is 3.16. The number of benzene rings is 1. The van der Waals surface area contributed by atoms with E-state index >= 15 is 0 Å². The number of rotatable bonds is 4. The largest absolute Gasteiger partial charge is 0.395 e. The summed E-state index contributed by atoms with van der Waals surface area (Å²) in [6.45, 7) is 0.789. The Hall–Kier alpha value is -1.32. The standard InChI is InChI=1S/C12H13NOS/c14-9-8-13(12-7-4-10-15-12)11-5-2-1-3-6-11/h1-7,10,14H,8-9H2. The SMILES string of the molecule is OCCN(c1ccccc1)c1cccs1. The van der Waals surface area contributed by atoms with E-state index in [9.17, 15) is 0 Å². The maximum atomic E-state index is 9.06. The van der Waals surface area contributed by atoms with Crippen LogP contribution < -0.4 is 4.90 Å². The molecular weight excluding hydrogens is 206 g/mol. The highest BCUT2D eigenvalue weighted by molar-refractivity contribution is 7.14. The summed E-state index contributed by atoms with van der Waals surface area (Å²) in [6.07, 6.45) is 0. The van der Waals surface area contributed by atoms with E-state index in [4.69, 9.17) is 5.11 Å². The molecule has 0 amide bonds. The molecule has 2 nitrogen and oxygen atoms in total. The quantitative estimate of drug-likeness (QED) is 0.854. The Balaban J connectivity index is 2.28. The normalized spacial score (nSPS) is 10.2. The average Bonchev–Trinajstić information content (AvgIpc) is 2.80. The van der Waals surface area contributed by atoms with Gasteiger partial charge in [0.05, 0.1) is 11.6 Å². The molecule has 0 aliphatic rings. The Kier molecular flexibility index (Phi) is 3.37. The summed E-state index contributed by atoms with van der Waals surface area (Å²) in [5.74, 6) is 0. The lowest BCUT2D eigenvalue weighted by Crippen LogP contribution is -2.19. The van der Waals surface area contributed by atoms with Crippen LogP contribution in [0.4, 0.5) is 10.7 Å². The van der Waals surface area contributed by atoms with Gasteiger partial charge in [0, 0.05) is 12.2 Å². The zero-order chi connectivity index (χ0) is 10.5.